The minimum absolute atomic E-state index is 0.0160. The van der Waals surface area contributed by atoms with Crippen molar-refractivity contribution in [1.82, 2.24) is 4.90 Å². The van der Waals surface area contributed by atoms with Gasteiger partial charge < -0.3 is 5.73 Å². The molecule has 0 heterocycles. The van der Waals surface area contributed by atoms with Crippen LogP contribution >= 0.6 is 0 Å². The Morgan fingerprint density at radius 1 is 1.14 bits per heavy atom. The van der Waals surface area contributed by atoms with Crippen LogP contribution < -0.4 is 5.73 Å². The van der Waals surface area contributed by atoms with Crippen molar-refractivity contribution in [3.63, 3.8) is 0 Å². The fraction of sp³-hybridized carbons (Fsp3) is 0.667. The second-order valence-corrected chi connectivity index (χ2v) is 6.50. The lowest BCUT2D eigenvalue weighted by atomic mass is 9.81. The van der Waals surface area contributed by atoms with Gasteiger partial charge in [0.25, 0.3) is 0 Å². The molecular formula is C18H29FN2. The third-order valence-corrected chi connectivity index (χ3v) is 5.35. The summed E-state index contributed by atoms with van der Waals surface area (Å²) in [5.41, 5.74) is 6.97. The average Bonchev–Trinajstić information content (AvgIpc) is 2.47. The lowest BCUT2D eigenvalue weighted by Gasteiger charge is -2.46. The number of nitrogens with zero attached hydrogens (tertiary/aromatic N) is 1. The van der Waals surface area contributed by atoms with Crippen LogP contribution in [0.2, 0.25) is 0 Å². The first-order valence-corrected chi connectivity index (χ1v) is 8.28. The van der Waals surface area contributed by atoms with E-state index in [0.717, 1.165) is 18.4 Å². The summed E-state index contributed by atoms with van der Waals surface area (Å²) in [5, 5.41) is 0. The van der Waals surface area contributed by atoms with Gasteiger partial charge in [-0.05, 0) is 32.9 Å². The maximum Gasteiger partial charge on any atom is 0.127 e. The van der Waals surface area contributed by atoms with Gasteiger partial charge >= 0.3 is 0 Å². The van der Waals surface area contributed by atoms with E-state index >= 15 is 0 Å². The fourth-order valence-electron chi connectivity index (χ4n) is 3.70. The van der Waals surface area contributed by atoms with Crippen molar-refractivity contribution in [2.75, 3.05) is 13.6 Å². The Balaban J connectivity index is 2.21. The van der Waals surface area contributed by atoms with Crippen molar-refractivity contribution >= 4 is 0 Å². The number of hydrogen-bond acceptors (Lipinski definition) is 2. The predicted octanol–water partition coefficient (Wildman–Crippen LogP) is 4.26. The molecule has 1 aromatic carbocycles. The van der Waals surface area contributed by atoms with Crippen LogP contribution in [0.4, 0.5) is 4.39 Å². The molecule has 0 bridgehead atoms. The monoisotopic (exact) mass is 292 g/mol. The van der Waals surface area contributed by atoms with Gasteiger partial charge in [0.05, 0.1) is 0 Å². The first-order valence-electron chi connectivity index (χ1n) is 8.28. The Morgan fingerprint density at radius 2 is 1.71 bits per heavy atom. The Labute approximate surface area is 128 Å². The van der Waals surface area contributed by atoms with E-state index in [1.165, 1.54) is 32.1 Å². The maximum absolute atomic E-state index is 14.1. The molecule has 1 unspecified atom stereocenters. The summed E-state index contributed by atoms with van der Waals surface area (Å²) in [5.74, 6) is -0.116. The van der Waals surface area contributed by atoms with E-state index in [9.17, 15) is 4.39 Å². The van der Waals surface area contributed by atoms with Gasteiger partial charge in [0.1, 0.15) is 5.82 Å². The fourth-order valence-corrected chi connectivity index (χ4v) is 3.70. The molecule has 1 aliphatic rings. The van der Waals surface area contributed by atoms with Crippen molar-refractivity contribution in [3.05, 3.63) is 35.6 Å². The van der Waals surface area contributed by atoms with Gasteiger partial charge in [0.2, 0.25) is 0 Å². The lowest BCUT2D eigenvalue weighted by molar-refractivity contribution is 0.0571. The molecule has 1 atom stereocenters. The molecule has 21 heavy (non-hydrogen) atoms. The smallest absolute Gasteiger partial charge is 0.127 e. The van der Waals surface area contributed by atoms with Gasteiger partial charge in [-0.3, -0.25) is 4.90 Å². The van der Waals surface area contributed by atoms with E-state index < -0.39 is 0 Å². The van der Waals surface area contributed by atoms with E-state index in [1.54, 1.807) is 12.1 Å². The van der Waals surface area contributed by atoms with Gasteiger partial charge in [-0.1, -0.05) is 50.3 Å². The third kappa shape index (κ3) is 3.64. The molecule has 1 aromatic rings. The van der Waals surface area contributed by atoms with Crippen LogP contribution in [0.5, 0.6) is 0 Å². The zero-order valence-corrected chi connectivity index (χ0v) is 13.4. The quantitative estimate of drug-likeness (QED) is 0.898. The van der Waals surface area contributed by atoms with Crippen LogP contribution in [0.25, 0.3) is 0 Å². The van der Waals surface area contributed by atoms with Crippen LogP contribution in [-0.2, 0) is 0 Å². The Hall–Kier alpha value is -0.930. The van der Waals surface area contributed by atoms with E-state index in [1.807, 2.05) is 12.1 Å². The maximum atomic E-state index is 14.1. The molecule has 0 amide bonds. The SMILES string of the molecule is CC(c1ccccc1F)N(C)C1(CN)CCCCCCC1. The van der Waals surface area contributed by atoms with Crippen LogP contribution in [0.3, 0.4) is 0 Å². The largest absolute Gasteiger partial charge is 0.329 e. The molecular weight excluding hydrogens is 263 g/mol. The number of halogens is 1. The topological polar surface area (TPSA) is 29.3 Å². The standard InChI is InChI=1S/C18H29FN2/c1-15(16-10-6-7-11-17(16)19)21(2)18(14-20)12-8-4-3-5-9-13-18/h6-7,10-11,15H,3-5,8-9,12-14,20H2,1-2H3. The van der Waals surface area contributed by atoms with Crippen molar-refractivity contribution in [1.29, 1.82) is 0 Å². The first kappa shape index (κ1) is 16.4. The second-order valence-electron chi connectivity index (χ2n) is 6.50. The van der Waals surface area contributed by atoms with E-state index in [2.05, 4.69) is 18.9 Å². The van der Waals surface area contributed by atoms with Crippen LogP contribution in [-0.4, -0.2) is 24.0 Å². The normalized spacial score (nSPS) is 20.8. The average molecular weight is 292 g/mol. The van der Waals surface area contributed by atoms with Crippen LogP contribution in [0.1, 0.15) is 63.5 Å². The summed E-state index contributed by atoms with van der Waals surface area (Å²) in [6.45, 7) is 2.75. The van der Waals surface area contributed by atoms with Crippen molar-refractivity contribution in [3.8, 4) is 0 Å². The minimum Gasteiger partial charge on any atom is -0.329 e. The summed E-state index contributed by atoms with van der Waals surface area (Å²) in [7, 11) is 2.12. The molecule has 2 rings (SSSR count). The molecule has 1 aliphatic carbocycles. The van der Waals surface area contributed by atoms with Crippen molar-refractivity contribution in [2.45, 2.75) is 63.5 Å². The Bertz CT molecular complexity index is 439. The zero-order valence-electron chi connectivity index (χ0n) is 13.4. The number of rotatable bonds is 4. The van der Waals surface area contributed by atoms with Crippen LogP contribution in [0.15, 0.2) is 24.3 Å². The summed E-state index contributed by atoms with van der Waals surface area (Å²) in [6.07, 6.45) is 8.63. The molecule has 2 N–H and O–H groups in total. The minimum atomic E-state index is -0.116. The van der Waals surface area contributed by atoms with Gasteiger partial charge in [-0.15, -0.1) is 0 Å². The summed E-state index contributed by atoms with van der Waals surface area (Å²) in [4.78, 5) is 2.33. The highest BCUT2D eigenvalue weighted by atomic mass is 19.1. The predicted molar refractivity (Wildman–Crippen MR) is 86.7 cm³/mol. The second kappa shape index (κ2) is 7.37. The highest BCUT2D eigenvalue weighted by molar-refractivity contribution is 5.21. The Kier molecular flexibility index (Phi) is 5.77. The molecule has 1 saturated carbocycles. The summed E-state index contributed by atoms with van der Waals surface area (Å²) < 4.78 is 14.1. The third-order valence-electron chi connectivity index (χ3n) is 5.35. The van der Waals surface area contributed by atoms with E-state index in [-0.39, 0.29) is 17.4 Å². The molecule has 0 saturated heterocycles. The molecule has 3 heteroatoms. The highest BCUT2D eigenvalue weighted by Gasteiger charge is 2.36. The number of benzene rings is 1. The number of hydrogen-bond donors (Lipinski definition) is 1. The van der Waals surface area contributed by atoms with Crippen molar-refractivity contribution in [2.24, 2.45) is 5.73 Å². The van der Waals surface area contributed by atoms with Gasteiger partial charge in [-0.25, -0.2) is 4.39 Å². The molecule has 0 aromatic heterocycles. The van der Waals surface area contributed by atoms with Gasteiger partial charge in [0.15, 0.2) is 0 Å². The zero-order chi connectivity index (χ0) is 15.3. The molecule has 0 radical (unpaired) electrons. The van der Waals surface area contributed by atoms with Gasteiger partial charge in [0, 0.05) is 23.7 Å². The van der Waals surface area contributed by atoms with E-state index in [4.69, 9.17) is 5.73 Å². The lowest BCUT2D eigenvalue weighted by Crippen LogP contribution is -2.53. The molecule has 1 fully saturated rings. The highest BCUT2D eigenvalue weighted by Crippen LogP contribution is 2.36. The summed E-state index contributed by atoms with van der Waals surface area (Å²) in [6, 6.07) is 7.15. The number of likely N-dealkylation sites (N-methyl/N-ethyl adjacent to an activating group) is 1. The van der Waals surface area contributed by atoms with Gasteiger partial charge in [-0.2, -0.15) is 0 Å². The van der Waals surface area contributed by atoms with E-state index in [0.29, 0.717) is 6.54 Å². The Morgan fingerprint density at radius 3 is 2.29 bits per heavy atom. The summed E-state index contributed by atoms with van der Waals surface area (Å²) >= 11 is 0. The molecule has 2 nitrogen and oxygen atoms in total. The molecule has 118 valence electrons. The number of nitrogens with two attached hydrogens (primary N) is 1. The molecule has 0 spiro atoms. The van der Waals surface area contributed by atoms with Crippen LogP contribution in [0, 0.1) is 5.82 Å². The first-order chi connectivity index (χ1) is 10.1. The molecule has 0 aliphatic heterocycles. The van der Waals surface area contributed by atoms with Crippen molar-refractivity contribution < 1.29 is 4.39 Å².